The van der Waals surface area contributed by atoms with Crippen molar-refractivity contribution in [2.75, 3.05) is 25.4 Å². The number of allylic oxidation sites excluding steroid dienone is 4. The fourth-order valence-electron chi connectivity index (χ4n) is 2.88. The molecule has 0 fully saturated rings. The standard InChI is InChI=1S/C14H20.C11H16O2S.C4H8.CH4OS/c1-4-12(2)7-5-9-14-10-6-8-13(3)11-14;1-13-11-8-9(4-3-7-14-2)5-6-10(11)12;1-3-4-2;1-3-2/h4,6,8,10-11H,5,7,9H2,1-3H3;5-6,8,12H,3-4,7H2,1-2H3;3-4H,1-2H3;2H,1H3. The van der Waals surface area contributed by atoms with E-state index in [4.69, 9.17) is 9.29 Å². The third kappa shape index (κ3) is 21.2. The highest BCUT2D eigenvalue weighted by molar-refractivity contribution is 7.98. The molecule has 0 unspecified atom stereocenters. The molecule has 198 valence electrons. The van der Waals surface area contributed by atoms with Gasteiger partial charge >= 0.3 is 0 Å². The Bertz CT molecular complexity index is 813. The van der Waals surface area contributed by atoms with Crippen LogP contribution in [0.4, 0.5) is 0 Å². The second kappa shape index (κ2) is 25.3. The van der Waals surface area contributed by atoms with Crippen molar-refractivity contribution in [1.82, 2.24) is 0 Å². The largest absolute Gasteiger partial charge is 0.504 e. The van der Waals surface area contributed by atoms with Gasteiger partial charge in [-0.15, -0.1) is 0 Å². The molecule has 2 N–H and O–H groups in total. The summed E-state index contributed by atoms with van der Waals surface area (Å²) in [4.78, 5) is 0. The van der Waals surface area contributed by atoms with Crippen LogP contribution < -0.4 is 4.74 Å². The fraction of sp³-hybridized carbons (Fsp3) is 0.467. The van der Waals surface area contributed by atoms with Crippen molar-refractivity contribution >= 4 is 23.8 Å². The zero-order valence-electron chi connectivity index (χ0n) is 23.1. The van der Waals surface area contributed by atoms with E-state index in [-0.39, 0.29) is 5.75 Å². The molecule has 0 aromatic heterocycles. The normalized spacial score (nSPS) is 10.4. The third-order valence-electron chi connectivity index (χ3n) is 5.00. The van der Waals surface area contributed by atoms with Gasteiger partial charge in [0.15, 0.2) is 11.5 Å². The Morgan fingerprint density at radius 3 is 2.06 bits per heavy atom. The molecule has 0 aliphatic carbocycles. The average molecular weight is 521 g/mol. The molecule has 0 saturated heterocycles. The van der Waals surface area contributed by atoms with Crippen LogP contribution in [0, 0.1) is 6.92 Å². The maximum absolute atomic E-state index is 9.38. The summed E-state index contributed by atoms with van der Waals surface area (Å²) in [6.07, 6.45) is 15.8. The number of hydrogen-bond donors (Lipinski definition) is 2. The molecule has 0 atom stereocenters. The molecule has 2 aromatic rings. The summed E-state index contributed by atoms with van der Waals surface area (Å²) in [5, 5.41) is 9.38. The number of rotatable bonds is 9. The van der Waals surface area contributed by atoms with Crippen LogP contribution in [0.25, 0.3) is 0 Å². The van der Waals surface area contributed by atoms with Crippen LogP contribution in [0.2, 0.25) is 0 Å². The molecule has 0 bridgehead atoms. The van der Waals surface area contributed by atoms with Gasteiger partial charge in [-0.3, -0.25) is 0 Å². The van der Waals surface area contributed by atoms with E-state index in [9.17, 15) is 5.11 Å². The molecular weight excluding hydrogens is 472 g/mol. The molecule has 3 nitrogen and oxygen atoms in total. The molecule has 0 saturated carbocycles. The maximum atomic E-state index is 9.38. The molecule has 0 amide bonds. The molecule has 0 aliphatic heterocycles. The van der Waals surface area contributed by atoms with Crippen LogP contribution >= 0.6 is 23.8 Å². The lowest BCUT2D eigenvalue weighted by molar-refractivity contribution is 0.373. The number of hydrogen-bond acceptors (Lipinski definition) is 5. The molecule has 2 aromatic carbocycles. The van der Waals surface area contributed by atoms with Crippen molar-refractivity contribution in [1.29, 1.82) is 0 Å². The summed E-state index contributed by atoms with van der Waals surface area (Å²) in [5.74, 6) is 1.94. The first-order chi connectivity index (χ1) is 16.8. The van der Waals surface area contributed by atoms with Crippen molar-refractivity contribution in [3.63, 3.8) is 0 Å². The number of phenolic OH excluding ortho intramolecular Hbond substituents is 1. The van der Waals surface area contributed by atoms with Gasteiger partial charge in [0.25, 0.3) is 0 Å². The van der Waals surface area contributed by atoms with E-state index in [2.05, 4.69) is 57.4 Å². The van der Waals surface area contributed by atoms with Gasteiger partial charge in [0.05, 0.1) is 7.11 Å². The first kappa shape index (κ1) is 35.3. The van der Waals surface area contributed by atoms with Crippen molar-refractivity contribution in [2.45, 2.75) is 66.7 Å². The van der Waals surface area contributed by atoms with Crippen LogP contribution in [0.15, 0.2) is 66.3 Å². The second-order valence-electron chi connectivity index (χ2n) is 7.93. The predicted molar refractivity (Wildman–Crippen MR) is 162 cm³/mol. The van der Waals surface area contributed by atoms with E-state index in [0.717, 1.165) is 24.9 Å². The predicted octanol–water partition coefficient (Wildman–Crippen LogP) is 9.39. The summed E-state index contributed by atoms with van der Waals surface area (Å²) < 4.78 is 12.5. The number of methoxy groups -OCH3 is 1. The number of aromatic hydroxyl groups is 1. The SMILES string of the molecule is CC=C(C)CCCc1cccc(C)c1.CC=CC.COc1cc(CCCSC)ccc1O.CSO. The molecule has 0 aliphatic rings. The first-order valence-corrected chi connectivity index (χ1v) is 14.7. The van der Waals surface area contributed by atoms with E-state index in [1.165, 1.54) is 47.3 Å². The van der Waals surface area contributed by atoms with Crippen LogP contribution in [-0.2, 0) is 12.8 Å². The highest BCUT2D eigenvalue weighted by Gasteiger charge is 2.02. The van der Waals surface area contributed by atoms with Crippen LogP contribution in [-0.4, -0.2) is 35.0 Å². The Kier molecular flexibility index (Phi) is 25.5. The molecule has 5 heteroatoms. The Hall–Kier alpha value is -1.82. The van der Waals surface area contributed by atoms with Gasteiger partial charge in [-0.2, -0.15) is 11.8 Å². The summed E-state index contributed by atoms with van der Waals surface area (Å²) in [6, 6.07) is 14.3. The topological polar surface area (TPSA) is 49.7 Å². The lowest BCUT2D eigenvalue weighted by atomic mass is 10.0. The van der Waals surface area contributed by atoms with Crippen molar-refractivity contribution < 1.29 is 14.4 Å². The van der Waals surface area contributed by atoms with E-state index in [1.54, 1.807) is 19.4 Å². The van der Waals surface area contributed by atoms with Crippen molar-refractivity contribution in [2.24, 2.45) is 0 Å². The number of thioether (sulfide) groups is 1. The van der Waals surface area contributed by atoms with Crippen LogP contribution in [0.3, 0.4) is 0 Å². The van der Waals surface area contributed by atoms with E-state index in [1.807, 2.05) is 49.9 Å². The zero-order valence-corrected chi connectivity index (χ0v) is 24.8. The summed E-state index contributed by atoms with van der Waals surface area (Å²) >= 11 is 2.60. The smallest absolute Gasteiger partial charge is 0.160 e. The van der Waals surface area contributed by atoms with Gasteiger partial charge < -0.3 is 14.4 Å². The lowest BCUT2D eigenvalue weighted by Crippen LogP contribution is -1.90. The molecule has 0 spiro atoms. The highest BCUT2D eigenvalue weighted by atomic mass is 32.2. The monoisotopic (exact) mass is 520 g/mol. The van der Waals surface area contributed by atoms with Crippen molar-refractivity contribution in [3.05, 3.63) is 83.0 Å². The van der Waals surface area contributed by atoms with Gasteiger partial charge in [0.1, 0.15) is 0 Å². The highest BCUT2D eigenvalue weighted by Crippen LogP contribution is 2.26. The minimum Gasteiger partial charge on any atom is -0.504 e. The van der Waals surface area contributed by atoms with Crippen LogP contribution in [0.5, 0.6) is 11.5 Å². The molecule has 2 rings (SSSR count). The minimum absolute atomic E-state index is 0.209. The van der Waals surface area contributed by atoms with E-state index < -0.39 is 0 Å². The molecule has 0 heterocycles. The maximum Gasteiger partial charge on any atom is 0.160 e. The van der Waals surface area contributed by atoms with Crippen molar-refractivity contribution in [3.8, 4) is 11.5 Å². The fourth-order valence-corrected chi connectivity index (χ4v) is 3.31. The van der Waals surface area contributed by atoms with Gasteiger partial charge in [-0.1, -0.05) is 59.7 Å². The molecule has 35 heavy (non-hydrogen) atoms. The number of ether oxygens (including phenoxy) is 1. The molecule has 0 radical (unpaired) electrons. The second-order valence-corrected chi connectivity index (χ2v) is 9.28. The quantitative estimate of drug-likeness (QED) is 0.196. The number of benzene rings is 2. The number of aryl methyl sites for hydroxylation is 3. The zero-order chi connectivity index (χ0) is 26.9. The van der Waals surface area contributed by atoms with E-state index in [0.29, 0.717) is 5.75 Å². The Morgan fingerprint density at radius 2 is 1.54 bits per heavy atom. The Labute approximate surface area is 224 Å². The summed E-state index contributed by atoms with van der Waals surface area (Å²) in [6.45, 7) is 10.5. The number of phenols is 1. The third-order valence-corrected chi connectivity index (χ3v) is 5.70. The molecular formula is C30H48O3S2. The van der Waals surface area contributed by atoms with E-state index >= 15 is 0 Å². The van der Waals surface area contributed by atoms with Gasteiger partial charge in [0.2, 0.25) is 0 Å². The van der Waals surface area contributed by atoms with Gasteiger partial charge in [-0.05, 0) is 114 Å². The minimum atomic E-state index is 0.209. The first-order valence-electron chi connectivity index (χ1n) is 12.1. The summed E-state index contributed by atoms with van der Waals surface area (Å²) in [7, 11) is 1.57. The Morgan fingerprint density at radius 1 is 0.943 bits per heavy atom. The lowest BCUT2D eigenvalue weighted by Gasteiger charge is -2.06. The Balaban J connectivity index is 0. The van der Waals surface area contributed by atoms with Gasteiger partial charge in [-0.25, -0.2) is 0 Å². The van der Waals surface area contributed by atoms with Gasteiger partial charge in [0, 0.05) is 6.26 Å². The summed E-state index contributed by atoms with van der Waals surface area (Å²) in [5.41, 5.74) is 5.55. The average Bonchev–Trinajstić information content (AvgIpc) is 2.86. The van der Waals surface area contributed by atoms with Crippen LogP contribution in [0.1, 0.15) is 63.6 Å².